The van der Waals surface area contributed by atoms with E-state index < -0.39 is 0 Å². The van der Waals surface area contributed by atoms with Crippen LogP contribution < -0.4 is 11.1 Å². The van der Waals surface area contributed by atoms with Crippen LogP contribution in [0.2, 0.25) is 0 Å². The van der Waals surface area contributed by atoms with E-state index in [1.54, 1.807) is 18.2 Å². The van der Waals surface area contributed by atoms with Crippen molar-refractivity contribution in [3.05, 3.63) is 29.3 Å². The van der Waals surface area contributed by atoms with Crippen LogP contribution in [0.1, 0.15) is 15.9 Å². The molecule has 5 nitrogen and oxygen atoms in total. The maximum Gasteiger partial charge on any atom is 0.254 e. The number of carbonyl (C=O) groups is 2. The fourth-order valence-corrected chi connectivity index (χ4v) is 3.04. The molecule has 7 heteroatoms. The van der Waals surface area contributed by atoms with Gasteiger partial charge in [-0.2, -0.15) is 11.8 Å². The van der Waals surface area contributed by atoms with Gasteiger partial charge in [0.25, 0.3) is 5.91 Å². The molecule has 0 unspecified atom stereocenters. The van der Waals surface area contributed by atoms with Crippen molar-refractivity contribution < 1.29 is 9.59 Å². The Morgan fingerprint density at radius 3 is 2.62 bits per heavy atom. The Bertz CT molecular complexity index is 519. The molecule has 1 saturated heterocycles. The first-order chi connectivity index (χ1) is 9.63. The number of benzene rings is 1. The van der Waals surface area contributed by atoms with Crippen LogP contribution in [0.15, 0.2) is 18.2 Å². The standard InChI is InChI=1S/C14H19N3O2S.ClH/c1-10-11(14(19)17-5-7-20-8-6-17)3-2-4-12(10)16-13(18)9-15;/h2-4H,5-9,15H2,1H3,(H,16,18);1H. The van der Waals surface area contributed by atoms with Gasteiger partial charge in [0.1, 0.15) is 0 Å². The highest BCUT2D eigenvalue weighted by Gasteiger charge is 2.20. The van der Waals surface area contributed by atoms with Gasteiger partial charge in [-0.25, -0.2) is 0 Å². The number of nitrogens with one attached hydrogen (secondary N) is 1. The average Bonchev–Trinajstić information content (AvgIpc) is 2.49. The van der Waals surface area contributed by atoms with Crippen molar-refractivity contribution in [3.63, 3.8) is 0 Å². The Balaban J connectivity index is 0.00000220. The molecular formula is C14H20ClN3O2S. The number of rotatable bonds is 3. The summed E-state index contributed by atoms with van der Waals surface area (Å²) in [7, 11) is 0. The van der Waals surface area contributed by atoms with Gasteiger partial charge in [0.15, 0.2) is 0 Å². The molecule has 0 spiro atoms. The number of amides is 2. The smallest absolute Gasteiger partial charge is 0.254 e. The van der Waals surface area contributed by atoms with Gasteiger partial charge >= 0.3 is 0 Å². The van der Waals surface area contributed by atoms with Crippen molar-refractivity contribution in [2.24, 2.45) is 5.73 Å². The molecule has 0 atom stereocenters. The van der Waals surface area contributed by atoms with Gasteiger partial charge in [-0.15, -0.1) is 12.4 Å². The molecule has 3 N–H and O–H groups in total. The van der Waals surface area contributed by atoms with Crippen molar-refractivity contribution in [2.45, 2.75) is 6.92 Å². The summed E-state index contributed by atoms with van der Waals surface area (Å²) in [4.78, 5) is 25.8. The third-order valence-corrected chi connectivity index (χ3v) is 4.26. The quantitative estimate of drug-likeness (QED) is 0.881. The number of carbonyl (C=O) groups excluding carboxylic acids is 2. The second-order valence-corrected chi connectivity index (χ2v) is 5.86. The summed E-state index contributed by atoms with van der Waals surface area (Å²) in [5.74, 6) is 1.74. The van der Waals surface area contributed by atoms with Crippen molar-refractivity contribution in [1.82, 2.24) is 4.90 Å². The van der Waals surface area contributed by atoms with E-state index in [1.807, 2.05) is 23.6 Å². The van der Waals surface area contributed by atoms with Gasteiger partial charge in [-0.3, -0.25) is 9.59 Å². The van der Waals surface area contributed by atoms with E-state index in [2.05, 4.69) is 5.32 Å². The third-order valence-electron chi connectivity index (χ3n) is 3.32. The van der Waals surface area contributed by atoms with Crippen LogP contribution in [0.4, 0.5) is 5.69 Å². The monoisotopic (exact) mass is 329 g/mol. The minimum atomic E-state index is -0.257. The first-order valence-electron chi connectivity index (χ1n) is 6.60. The summed E-state index contributed by atoms with van der Waals surface area (Å²) >= 11 is 1.87. The van der Waals surface area contributed by atoms with Crippen molar-refractivity contribution in [2.75, 3.05) is 36.5 Å². The predicted molar refractivity (Wildman–Crippen MR) is 89.3 cm³/mol. The van der Waals surface area contributed by atoms with Crippen LogP contribution in [0, 0.1) is 6.92 Å². The molecule has 0 saturated carbocycles. The number of thioether (sulfide) groups is 1. The van der Waals surface area contributed by atoms with E-state index in [4.69, 9.17) is 5.73 Å². The molecule has 0 radical (unpaired) electrons. The Morgan fingerprint density at radius 2 is 2.00 bits per heavy atom. The third kappa shape index (κ3) is 4.36. The largest absolute Gasteiger partial charge is 0.337 e. The molecule has 1 aromatic carbocycles. The molecule has 2 amide bonds. The molecule has 0 bridgehead atoms. The van der Waals surface area contributed by atoms with Gasteiger partial charge < -0.3 is 16.0 Å². The predicted octanol–water partition coefficient (Wildman–Crippen LogP) is 1.50. The topological polar surface area (TPSA) is 75.4 Å². The van der Waals surface area contributed by atoms with Crippen LogP contribution in [0.3, 0.4) is 0 Å². The molecule has 116 valence electrons. The highest BCUT2D eigenvalue weighted by Crippen LogP contribution is 2.21. The van der Waals surface area contributed by atoms with Crippen molar-refractivity contribution in [1.29, 1.82) is 0 Å². The molecule has 2 rings (SSSR count). The number of hydrogen-bond acceptors (Lipinski definition) is 4. The number of nitrogens with two attached hydrogens (primary N) is 1. The lowest BCUT2D eigenvalue weighted by Gasteiger charge is -2.27. The summed E-state index contributed by atoms with van der Waals surface area (Å²) in [6.07, 6.45) is 0. The summed E-state index contributed by atoms with van der Waals surface area (Å²) in [5, 5.41) is 2.72. The van der Waals surface area contributed by atoms with Crippen LogP contribution in [0.25, 0.3) is 0 Å². The fraction of sp³-hybridized carbons (Fsp3) is 0.429. The second kappa shape index (κ2) is 8.26. The van der Waals surface area contributed by atoms with E-state index >= 15 is 0 Å². The minimum absolute atomic E-state index is 0. The Kier molecular flexibility index (Phi) is 7.01. The molecule has 1 heterocycles. The lowest BCUT2D eigenvalue weighted by atomic mass is 10.1. The van der Waals surface area contributed by atoms with E-state index in [0.29, 0.717) is 11.3 Å². The lowest BCUT2D eigenvalue weighted by molar-refractivity contribution is -0.114. The van der Waals surface area contributed by atoms with Crippen molar-refractivity contribution >= 4 is 41.7 Å². The lowest BCUT2D eigenvalue weighted by Crippen LogP contribution is -2.38. The zero-order valence-corrected chi connectivity index (χ0v) is 13.6. The summed E-state index contributed by atoms with van der Waals surface area (Å²) in [6.45, 7) is 3.34. The van der Waals surface area contributed by atoms with Gasteiger partial charge in [-0.1, -0.05) is 6.07 Å². The zero-order valence-electron chi connectivity index (χ0n) is 11.9. The molecule has 1 fully saturated rings. The van der Waals surface area contributed by atoms with E-state index in [-0.39, 0.29) is 30.8 Å². The Labute approximate surface area is 135 Å². The van der Waals surface area contributed by atoms with Crippen LogP contribution in [0.5, 0.6) is 0 Å². The molecule has 1 aliphatic heterocycles. The SMILES string of the molecule is Cc1c(NC(=O)CN)cccc1C(=O)N1CCSCC1.Cl. The first-order valence-corrected chi connectivity index (χ1v) is 7.75. The van der Waals surface area contributed by atoms with Gasteiger partial charge in [-0.05, 0) is 24.6 Å². The summed E-state index contributed by atoms with van der Waals surface area (Å²) in [6, 6.07) is 5.37. The Morgan fingerprint density at radius 1 is 1.33 bits per heavy atom. The maximum absolute atomic E-state index is 12.5. The molecule has 21 heavy (non-hydrogen) atoms. The normalized spacial score (nSPS) is 14.3. The summed E-state index contributed by atoms with van der Waals surface area (Å²) in [5.41, 5.74) is 7.38. The highest BCUT2D eigenvalue weighted by atomic mass is 35.5. The molecule has 0 aliphatic carbocycles. The van der Waals surface area contributed by atoms with Gasteiger partial charge in [0, 0.05) is 35.8 Å². The zero-order chi connectivity index (χ0) is 14.5. The van der Waals surface area contributed by atoms with Crippen LogP contribution in [-0.4, -0.2) is 47.9 Å². The molecular weight excluding hydrogens is 310 g/mol. The van der Waals surface area contributed by atoms with Crippen LogP contribution >= 0.6 is 24.2 Å². The fourth-order valence-electron chi connectivity index (χ4n) is 2.14. The second-order valence-electron chi connectivity index (χ2n) is 4.64. The summed E-state index contributed by atoms with van der Waals surface area (Å²) < 4.78 is 0. The van der Waals surface area contributed by atoms with E-state index in [0.717, 1.165) is 30.2 Å². The highest BCUT2D eigenvalue weighted by molar-refractivity contribution is 7.99. The number of nitrogens with zero attached hydrogens (tertiary/aromatic N) is 1. The average molecular weight is 330 g/mol. The molecule has 0 aromatic heterocycles. The van der Waals surface area contributed by atoms with E-state index in [9.17, 15) is 9.59 Å². The van der Waals surface area contributed by atoms with Gasteiger partial charge in [0.05, 0.1) is 6.54 Å². The molecule has 1 aromatic rings. The van der Waals surface area contributed by atoms with Gasteiger partial charge in [0.2, 0.25) is 5.91 Å². The van der Waals surface area contributed by atoms with Crippen LogP contribution in [-0.2, 0) is 4.79 Å². The number of hydrogen-bond donors (Lipinski definition) is 2. The van der Waals surface area contributed by atoms with E-state index in [1.165, 1.54) is 0 Å². The van der Waals surface area contributed by atoms with Crippen molar-refractivity contribution in [3.8, 4) is 0 Å². The Hall–Kier alpha value is -1.24. The number of anilines is 1. The molecule has 1 aliphatic rings. The number of halogens is 1. The maximum atomic E-state index is 12.5. The minimum Gasteiger partial charge on any atom is -0.337 e. The first kappa shape index (κ1) is 17.8.